The molecular weight excluding hydrogens is 426 g/mol. The number of amides is 1. The molecule has 2 aromatic carbocycles. The summed E-state index contributed by atoms with van der Waals surface area (Å²) in [5.41, 5.74) is 1.41. The molecule has 1 fully saturated rings. The molecule has 2 heterocycles. The molecule has 0 saturated carbocycles. The summed E-state index contributed by atoms with van der Waals surface area (Å²) in [6.45, 7) is 1.60. The minimum atomic E-state index is -3.37. The van der Waals surface area contributed by atoms with Crippen molar-refractivity contribution in [2.45, 2.75) is 12.2 Å². The smallest absolute Gasteiger partial charge is 0.287 e. The number of nitrogens with one attached hydrogen (secondary N) is 1. The number of hydrogen-bond donors (Lipinski definition) is 1. The zero-order valence-corrected chi connectivity index (χ0v) is 17.7. The van der Waals surface area contributed by atoms with Crippen molar-refractivity contribution >= 4 is 32.4 Å². The van der Waals surface area contributed by atoms with Crippen molar-refractivity contribution in [2.24, 2.45) is 5.92 Å². The summed E-state index contributed by atoms with van der Waals surface area (Å²) in [6.07, 6.45) is 1.89. The van der Waals surface area contributed by atoms with Gasteiger partial charge in [-0.2, -0.15) is 0 Å². The molecule has 0 bridgehead atoms. The number of benzene rings is 2. The van der Waals surface area contributed by atoms with Crippen LogP contribution in [0.5, 0.6) is 0 Å². The lowest BCUT2D eigenvalue weighted by atomic mass is 10.1. The van der Waals surface area contributed by atoms with E-state index >= 15 is 0 Å². The first-order valence-corrected chi connectivity index (χ1v) is 11.9. The maximum absolute atomic E-state index is 13.5. The highest BCUT2D eigenvalue weighted by atomic mass is 32.2. The Kier molecular flexibility index (Phi) is 5.70. The fraction of sp³-hybridized carbons (Fsp3) is 0.318. The first-order chi connectivity index (χ1) is 14.7. The predicted molar refractivity (Wildman–Crippen MR) is 114 cm³/mol. The lowest BCUT2D eigenvalue weighted by molar-refractivity contribution is 0.0921. The number of anilines is 1. The van der Waals surface area contributed by atoms with Crippen molar-refractivity contribution < 1.29 is 26.4 Å². The van der Waals surface area contributed by atoms with Crippen LogP contribution in [0.2, 0.25) is 0 Å². The Balaban J connectivity index is 1.45. The molecule has 4 rings (SSSR count). The van der Waals surface area contributed by atoms with E-state index in [2.05, 4.69) is 5.32 Å². The summed E-state index contributed by atoms with van der Waals surface area (Å²) in [6, 6.07) is 10.7. The zero-order chi connectivity index (χ0) is 22.2. The molecule has 1 unspecified atom stereocenters. The minimum absolute atomic E-state index is 0.00193. The molecule has 1 aliphatic heterocycles. The van der Waals surface area contributed by atoms with E-state index in [4.69, 9.17) is 4.42 Å². The molecule has 164 valence electrons. The van der Waals surface area contributed by atoms with Crippen LogP contribution < -0.4 is 10.2 Å². The molecule has 0 radical (unpaired) electrons. The SMILES string of the molecule is CS(=O)(=O)Cc1c(C(=O)NCC2CCN(c3ccc(F)c(F)c3)C2)oc2ccccc12. The van der Waals surface area contributed by atoms with Gasteiger partial charge in [-0.15, -0.1) is 0 Å². The Labute approximate surface area is 178 Å². The third kappa shape index (κ3) is 4.71. The third-order valence-electron chi connectivity index (χ3n) is 5.42. The van der Waals surface area contributed by atoms with Gasteiger partial charge in [-0.1, -0.05) is 18.2 Å². The van der Waals surface area contributed by atoms with Crippen molar-refractivity contribution in [3.8, 4) is 0 Å². The number of carbonyl (C=O) groups is 1. The van der Waals surface area contributed by atoms with Crippen LogP contribution in [0.3, 0.4) is 0 Å². The van der Waals surface area contributed by atoms with Gasteiger partial charge in [0.05, 0.1) is 5.75 Å². The number of rotatable bonds is 6. The van der Waals surface area contributed by atoms with Crippen LogP contribution in [-0.4, -0.2) is 40.2 Å². The molecule has 6 nitrogen and oxygen atoms in total. The van der Waals surface area contributed by atoms with E-state index in [9.17, 15) is 22.0 Å². The van der Waals surface area contributed by atoms with Gasteiger partial charge in [0.15, 0.2) is 27.2 Å². The van der Waals surface area contributed by atoms with Crippen LogP contribution in [0.4, 0.5) is 14.5 Å². The Morgan fingerprint density at radius 2 is 1.97 bits per heavy atom. The normalized spacial score (nSPS) is 16.7. The monoisotopic (exact) mass is 448 g/mol. The minimum Gasteiger partial charge on any atom is -0.451 e. The van der Waals surface area contributed by atoms with E-state index in [0.29, 0.717) is 41.9 Å². The van der Waals surface area contributed by atoms with Gasteiger partial charge in [0.1, 0.15) is 5.58 Å². The van der Waals surface area contributed by atoms with Crippen LogP contribution in [0.15, 0.2) is 46.9 Å². The first kappa shape index (κ1) is 21.3. The Hall–Kier alpha value is -2.94. The number of fused-ring (bicyclic) bond motifs is 1. The molecule has 0 spiro atoms. The number of nitrogens with zero attached hydrogens (tertiary/aromatic N) is 1. The number of furan rings is 1. The van der Waals surface area contributed by atoms with Gasteiger partial charge in [0.2, 0.25) is 0 Å². The van der Waals surface area contributed by atoms with Crippen LogP contribution in [0, 0.1) is 17.6 Å². The third-order valence-corrected chi connectivity index (χ3v) is 6.23. The number of para-hydroxylation sites is 1. The quantitative estimate of drug-likeness (QED) is 0.624. The second kappa shape index (κ2) is 8.30. The van der Waals surface area contributed by atoms with Crippen LogP contribution in [-0.2, 0) is 15.6 Å². The Bertz CT molecular complexity index is 1240. The highest BCUT2D eigenvalue weighted by Crippen LogP contribution is 2.28. The lowest BCUT2D eigenvalue weighted by Crippen LogP contribution is -2.31. The van der Waals surface area contributed by atoms with E-state index < -0.39 is 27.4 Å². The van der Waals surface area contributed by atoms with Gasteiger partial charge < -0.3 is 14.6 Å². The van der Waals surface area contributed by atoms with E-state index in [0.717, 1.165) is 18.7 Å². The van der Waals surface area contributed by atoms with Crippen LogP contribution in [0.1, 0.15) is 22.5 Å². The Morgan fingerprint density at radius 3 is 2.71 bits per heavy atom. The fourth-order valence-electron chi connectivity index (χ4n) is 3.92. The van der Waals surface area contributed by atoms with E-state index in [1.807, 2.05) is 4.90 Å². The van der Waals surface area contributed by atoms with Gasteiger partial charge in [0.25, 0.3) is 5.91 Å². The summed E-state index contributed by atoms with van der Waals surface area (Å²) in [4.78, 5) is 14.7. The summed E-state index contributed by atoms with van der Waals surface area (Å²) in [5, 5.41) is 3.43. The molecule has 3 aromatic rings. The second-order valence-electron chi connectivity index (χ2n) is 7.89. The van der Waals surface area contributed by atoms with Crippen molar-refractivity contribution in [3.05, 3.63) is 65.4 Å². The number of carbonyl (C=O) groups excluding carboxylic acids is 1. The van der Waals surface area contributed by atoms with E-state index in [-0.39, 0.29) is 17.4 Å². The summed E-state index contributed by atoms with van der Waals surface area (Å²) < 4.78 is 56.1. The Morgan fingerprint density at radius 1 is 1.19 bits per heavy atom. The average Bonchev–Trinajstić information content (AvgIpc) is 3.33. The molecule has 1 aromatic heterocycles. The molecule has 31 heavy (non-hydrogen) atoms. The van der Waals surface area contributed by atoms with Gasteiger partial charge in [0, 0.05) is 48.6 Å². The predicted octanol–water partition coefficient (Wildman–Crippen LogP) is 3.51. The van der Waals surface area contributed by atoms with Crippen molar-refractivity contribution in [1.29, 1.82) is 0 Å². The highest BCUT2D eigenvalue weighted by molar-refractivity contribution is 7.89. The zero-order valence-electron chi connectivity index (χ0n) is 16.9. The molecular formula is C22H22F2N2O4S. The summed E-state index contributed by atoms with van der Waals surface area (Å²) in [5.74, 6) is -2.43. The number of halogens is 2. The maximum Gasteiger partial charge on any atom is 0.287 e. The highest BCUT2D eigenvalue weighted by Gasteiger charge is 2.27. The fourth-order valence-corrected chi connectivity index (χ4v) is 4.73. The summed E-state index contributed by atoms with van der Waals surface area (Å²) >= 11 is 0. The van der Waals surface area contributed by atoms with Gasteiger partial charge >= 0.3 is 0 Å². The largest absolute Gasteiger partial charge is 0.451 e. The maximum atomic E-state index is 13.5. The molecule has 9 heteroatoms. The molecule has 1 saturated heterocycles. The van der Waals surface area contributed by atoms with E-state index in [1.165, 1.54) is 12.1 Å². The van der Waals surface area contributed by atoms with E-state index in [1.54, 1.807) is 24.3 Å². The van der Waals surface area contributed by atoms with Gasteiger partial charge in [-0.25, -0.2) is 17.2 Å². The lowest BCUT2D eigenvalue weighted by Gasteiger charge is -2.19. The molecule has 0 aliphatic carbocycles. The van der Waals surface area contributed by atoms with Gasteiger partial charge in [-0.3, -0.25) is 4.79 Å². The second-order valence-corrected chi connectivity index (χ2v) is 10.0. The van der Waals surface area contributed by atoms with Gasteiger partial charge in [-0.05, 0) is 30.5 Å². The summed E-state index contributed by atoms with van der Waals surface area (Å²) in [7, 11) is -3.37. The molecule has 1 N–H and O–H groups in total. The van der Waals surface area contributed by atoms with Crippen LogP contribution in [0.25, 0.3) is 11.0 Å². The molecule has 1 amide bonds. The first-order valence-electron chi connectivity index (χ1n) is 9.87. The van der Waals surface area contributed by atoms with Crippen molar-refractivity contribution in [1.82, 2.24) is 5.32 Å². The number of hydrogen-bond acceptors (Lipinski definition) is 5. The molecule has 1 atom stereocenters. The van der Waals surface area contributed by atoms with Crippen LogP contribution >= 0.6 is 0 Å². The van der Waals surface area contributed by atoms with Crippen molar-refractivity contribution in [3.63, 3.8) is 0 Å². The topological polar surface area (TPSA) is 79.6 Å². The van der Waals surface area contributed by atoms with Crippen molar-refractivity contribution in [2.75, 3.05) is 30.8 Å². The average molecular weight is 448 g/mol. The number of sulfone groups is 1. The standard InChI is InChI=1S/C22H22F2N2O4S/c1-31(28,29)13-17-16-4-2-3-5-20(16)30-21(17)22(27)25-11-14-8-9-26(12-14)15-6-7-18(23)19(24)10-15/h2-7,10,14H,8-9,11-13H2,1H3,(H,25,27). The molecule has 1 aliphatic rings.